The molecule has 0 aliphatic rings. The van der Waals surface area contributed by atoms with Gasteiger partial charge >= 0.3 is 0 Å². The van der Waals surface area contributed by atoms with E-state index in [4.69, 9.17) is 0 Å². The van der Waals surface area contributed by atoms with Crippen molar-refractivity contribution in [3.8, 4) is 0 Å². The molecule has 2 aromatic rings. The largest absolute Gasteiger partial charge is 0.370 e. The first kappa shape index (κ1) is 15.8. The second-order valence-corrected chi connectivity index (χ2v) is 4.70. The number of anilines is 2. The van der Waals surface area contributed by atoms with E-state index >= 15 is 0 Å². The number of amides is 1. The number of halogens is 2. The molecule has 0 atom stereocenters. The van der Waals surface area contributed by atoms with Gasteiger partial charge in [-0.15, -0.1) is 0 Å². The third kappa shape index (κ3) is 3.97. The molecule has 0 spiro atoms. The molecular formula is C15H16F2N4O. The molecule has 2 rings (SSSR count). The molecule has 0 saturated heterocycles. The van der Waals surface area contributed by atoms with Crippen molar-refractivity contribution in [1.29, 1.82) is 0 Å². The lowest BCUT2D eigenvalue weighted by Gasteiger charge is -2.08. The minimum absolute atomic E-state index is 0.149. The molecule has 0 bridgehead atoms. The summed E-state index contributed by atoms with van der Waals surface area (Å²) >= 11 is 0. The minimum atomic E-state index is -1.03. The van der Waals surface area contributed by atoms with E-state index in [0.29, 0.717) is 11.6 Å². The fraction of sp³-hybridized carbons (Fsp3) is 0.267. The van der Waals surface area contributed by atoms with Gasteiger partial charge in [0.15, 0.2) is 11.6 Å². The van der Waals surface area contributed by atoms with E-state index in [1.54, 1.807) is 6.92 Å². The number of aryl methyl sites for hydroxylation is 1. The van der Waals surface area contributed by atoms with Crippen molar-refractivity contribution in [3.63, 3.8) is 0 Å². The van der Waals surface area contributed by atoms with E-state index in [1.807, 2.05) is 6.92 Å². The molecule has 116 valence electrons. The van der Waals surface area contributed by atoms with Gasteiger partial charge in [-0.3, -0.25) is 4.79 Å². The number of nitrogens with zero attached hydrogens (tertiary/aromatic N) is 2. The summed E-state index contributed by atoms with van der Waals surface area (Å²) in [6, 6.07) is 4.65. The number of aromatic nitrogens is 2. The van der Waals surface area contributed by atoms with E-state index in [0.717, 1.165) is 25.1 Å². The van der Waals surface area contributed by atoms with Gasteiger partial charge in [-0.1, -0.05) is 6.92 Å². The van der Waals surface area contributed by atoms with Gasteiger partial charge in [0.05, 0.1) is 0 Å². The summed E-state index contributed by atoms with van der Waals surface area (Å²) in [5, 5.41) is 5.54. The Morgan fingerprint density at radius 2 is 1.95 bits per heavy atom. The summed E-state index contributed by atoms with van der Waals surface area (Å²) in [5.41, 5.74) is 0.305. The molecule has 0 fully saturated rings. The van der Waals surface area contributed by atoms with Crippen molar-refractivity contribution in [2.45, 2.75) is 20.3 Å². The molecular weight excluding hydrogens is 290 g/mol. The van der Waals surface area contributed by atoms with Gasteiger partial charge < -0.3 is 10.6 Å². The molecule has 0 aliphatic carbocycles. The van der Waals surface area contributed by atoms with E-state index in [9.17, 15) is 13.6 Å². The maximum atomic E-state index is 13.1. The Morgan fingerprint density at radius 1 is 1.18 bits per heavy atom. The first-order chi connectivity index (χ1) is 10.5. The number of benzene rings is 1. The number of carbonyl (C=O) groups excluding carboxylic acids is 1. The van der Waals surface area contributed by atoms with Crippen molar-refractivity contribution in [2.75, 3.05) is 17.2 Å². The van der Waals surface area contributed by atoms with Crippen LogP contribution in [0, 0.1) is 18.6 Å². The highest BCUT2D eigenvalue weighted by Gasteiger charge is 2.12. The molecule has 0 unspecified atom stereocenters. The number of hydrogen-bond acceptors (Lipinski definition) is 4. The third-order valence-corrected chi connectivity index (χ3v) is 2.80. The van der Waals surface area contributed by atoms with E-state index in [2.05, 4.69) is 20.6 Å². The molecule has 1 heterocycles. The maximum absolute atomic E-state index is 13.1. The SMILES string of the molecule is CCCNc1cc(C(=O)Nc2ccc(F)c(F)c2)nc(C)n1. The van der Waals surface area contributed by atoms with Crippen LogP contribution in [0.5, 0.6) is 0 Å². The smallest absolute Gasteiger partial charge is 0.274 e. The average Bonchev–Trinajstić information content (AvgIpc) is 2.48. The predicted octanol–water partition coefficient (Wildman–Crippen LogP) is 3.14. The normalized spacial score (nSPS) is 10.4. The van der Waals surface area contributed by atoms with Crippen molar-refractivity contribution in [2.24, 2.45) is 0 Å². The molecule has 0 saturated carbocycles. The van der Waals surface area contributed by atoms with Gasteiger partial charge in [-0.05, 0) is 25.5 Å². The van der Waals surface area contributed by atoms with Gasteiger partial charge in [-0.25, -0.2) is 18.7 Å². The van der Waals surface area contributed by atoms with Crippen LogP contribution in [-0.2, 0) is 0 Å². The first-order valence-electron chi connectivity index (χ1n) is 6.85. The molecule has 1 amide bonds. The highest BCUT2D eigenvalue weighted by Crippen LogP contribution is 2.15. The predicted molar refractivity (Wildman–Crippen MR) is 79.9 cm³/mol. The summed E-state index contributed by atoms with van der Waals surface area (Å²) in [6.07, 6.45) is 0.916. The van der Waals surface area contributed by atoms with Gasteiger partial charge in [0.25, 0.3) is 5.91 Å². The molecule has 2 N–H and O–H groups in total. The fourth-order valence-corrected chi connectivity index (χ4v) is 1.80. The van der Waals surface area contributed by atoms with Gasteiger partial charge in [0.1, 0.15) is 17.3 Å². The molecule has 1 aromatic heterocycles. The van der Waals surface area contributed by atoms with Crippen molar-refractivity contribution in [3.05, 3.63) is 47.4 Å². The van der Waals surface area contributed by atoms with Gasteiger partial charge in [0.2, 0.25) is 0 Å². The monoisotopic (exact) mass is 306 g/mol. The van der Waals surface area contributed by atoms with Crippen LogP contribution in [0.15, 0.2) is 24.3 Å². The number of nitrogens with one attached hydrogen (secondary N) is 2. The van der Waals surface area contributed by atoms with Crippen LogP contribution < -0.4 is 10.6 Å². The second kappa shape index (κ2) is 6.93. The Bertz CT molecular complexity index is 691. The number of rotatable bonds is 5. The van der Waals surface area contributed by atoms with Crippen LogP contribution in [0.2, 0.25) is 0 Å². The Kier molecular flexibility index (Phi) is 4.98. The minimum Gasteiger partial charge on any atom is -0.370 e. The van der Waals surface area contributed by atoms with Crippen molar-refractivity contribution in [1.82, 2.24) is 9.97 Å². The van der Waals surface area contributed by atoms with Gasteiger partial charge in [-0.2, -0.15) is 0 Å². The lowest BCUT2D eigenvalue weighted by atomic mass is 10.2. The fourth-order valence-electron chi connectivity index (χ4n) is 1.80. The molecule has 0 aliphatic heterocycles. The zero-order valence-electron chi connectivity index (χ0n) is 12.3. The molecule has 1 aromatic carbocycles. The number of carbonyl (C=O) groups is 1. The van der Waals surface area contributed by atoms with Crippen molar-refractivity contribution >= 4 is 17.4 Å². The van der Waals surface area contributed by atoms with Crippen LogP contribution in [0.25, 0.3) is 0 Å². The molecule has 0 radical (unpaired) electrons. The standard InChI is InChI=1S/C15H16F2N4O/c1-3-6-18-14-8-13(19-9(2)20-14)15(22)21-10-4-5-11(16)12(17)7-10/h4-5,7-8H,3,6H2,1-2H3,(H,21,22)(H,18,19,20). The number of hydrogen-bond donors (Lipinski definition) is 2. The topological polar surface area (TPSA) is 66.9 Å². The second-order valence-electron chi connectivity index (χ2n) is 4.70. The highest BCUT2D eigenvalue weighted by atomic mass is 19.2. The van der Waals surface area contributed by atoms with Crippen LogP contribution in [0.3, 0.4) is 0 Å². The van der Waals surface area contributed by atoms with Crippen molar-refractivity contribution < 1.29 is 13.6 Å². The summed E-state index contributed by atoms with van der Waals surface area (Å²) in [5.74, 6) is -1.53. The van der Waals surface area contributed by atoms with E-state index in [-0.39, 0.29) is 11.4 Å². The van der Waals surface area contributed by atoms with E-state index in [1.165, 1.54) is 12.1 Å². The Balaban J connectivity index is 2.17. The lowest BCUT2D eigenvalue weighted by molar-refractivity contribution is 0.102. The Morgan fingerprint density at radius 3 is 2.64 bits per heavy atom. The van der Waals surface area contributed by atoms with E-state index < -0.39 is 17.5 Å². The van der Waals surface area contributed by atoms with Crippen LogP contribution >= 0.6 is 0 Å². The van der Waals surface area contributed by atoms with Crippen LogP contribution in [-0.4, -0.2) is 22.4 Å². The van der Waals surface area contributed by atoms with Crippen LogP contribution in [0.1, 0.15) is 29.7 Å². The summed E-state index contributed by atoms with van der Waals surface area (Å²) in [6.45, 7) is 4.41. The summed E-state index contributed by atoms with van der Waals surface area (Å²) < 4.78 is 26.0. The zero-order valence-corrected chi connectivity index (χ0v) is 12.3. The zero-order chi connectivity index (χ0) is 16.1. The summed E-state index contributed by atoms with van der Waals surface area (Å²) in [7, 11) is 0. The molecule has 22 heavy (non-hydrogen) atoms. The Hall–Kier alpha value is -2.57. The highest BCUT2D eigenvalue weighted by molar-refractivity contribution is 6.03. The Labute approximate surface area is 126 Å². The van der Waals surface area contributed by atoms with Gasteiger partial charge in [0, 0.05) is 24.4 Å². The molecule has 7 heteroatoms. The third-order valence-electron chi connectivity index (χ3n) is 2.80. The van der Waals surface area contributed by atoms with Crippen LogP contribution in [0.4, 0.5) is 20.3 Å². The lowest BCUT2D eigenvalue weighted by Crippen LogP contribution is -2.16. The quantitative estimate of drug-likeness (QED) is 0.890. The first-order valence-corrected chi connectivity index (χ1v) is 6.85. The average molecular weight is 306 g/mol. The summed E-state index contributed by atoms with van der Waals surface area (Å²) in [4.78, 5) is 20.4. The molecule has 5 nitrogen and oxygen atoms in total. The maximum Gasteiger partial charge on any atom is 0.274 e.